The second-order valence-corrected chi connectivity index (χ2v) is 6.16. The molecule has 2 unspecified atom stereocenters. The highest BCUT2D eigenvalue weighted by Gasteiger charge is 2.27. The van der Waals surface area contributed by atoms with Crippen LogP contribution in [0.4, 0.5) is 0 Å². The maximum absolute atomic E-state index is 12.1. The SMILES string of the molecule is CC(C)CC(NC(C)CC1CC1)C(=O)N(C)C. The van der Waals surface area contributed by atoms with Crippen LogP contribution in [-0.4, -0.2) is 37.0 Å². The van der Waals surface area contributed by atoms with Gasteiger partial charge in [0.05, 0.1) is 6.04 Å². The molecule has 17 heavy (non-hydrogen) atoms. The fourth-order valence-corrected chi connectivity index (χ4v) is 2.29. The fraction of sp³-hybridized carbons (Fsp3) is 0.929. The van der Waals surface area contributed by atoms with Crippen molar-refractivity contribution in [2.24, 2.45) is 11.8 Å². The maximum Gasteiger partial charge on any atom is 0.239 e. The first kappa shape index (κ1) is 14.5. The molecule has 1 aliphatic carbocycles. The third-order valence-corrected chi connectivity index (χ3v) is 3.32. The van der Waals surface area contributed by atoms with Crippen LogP contribution >= 0.6 is 0 Å². The molecule has 3 heteroatoms. The lowest BCUT2D eigenvalue weighted by molar-refractivity contribution is -0.131. The fourth-order valence-electron chi connectivity index (χ4n) is 2.29. The van der Waals surface area contributed by atoms with Crippen LogP contribution in [0.2, 0.25) is 0 Å². The molecule has 0 spiro atoms. The highest BCUT2D eigenvalue weighted by molar-refractivity contribution is 5.81. The van der Waals surface area contributed by atoms with Crippen molar-refractivity contribution >= 4 is 5.91 Å². The van der Waals surface area contributed by atoms with Crippen LogP contribution in [0.5, 0.6) is 0 Å². The normalized spacial score (nSPS) is 19.2. The van der Waals surface area contributed by atoms with E-state index in [0.717, 1.165) is 12.3 Å². The molecule has 0 aromatic carbocycles. The lowest BCUT2D eigenvalue weighted by atomic mass is 10.0. The Labute approximate surface area is 106 Å². The van der Waals surface area contributed by atoms with Crippen molar-refractivity contribution in [3.05, 3.63) is 0 Å². The minimum atomic E-state index is -0.0150. The molecule has 0 bridgehead atoms. The lowest BCUT2D eigenvalue weighted by Crippen LogP contribution is -2.47. The quantitative estimate of drug-likeness (QED) is 0.740. The number of likely N-dealkylation sites (N-methyl/N-ethyl adjacent to an activating group) is 1. The van der Waals surface area contributed by atoms with E-state index in [0.29, 0.717) is 12.0 Å². The summed E-state index contributed by atoms with van der Waals surface area (Å²) in [5, 5.41) is 3.51. The highest BCUT2D eigenvalue weighted by atomic mass is 16.2. The molecule has 1 aliphatic rings. The Morgan fingerprint density at radius 3 is 2.29 bits per heavy atom. The maximum atomic E-state index is 12.1. The van der Waals surface area contributed by atoms with Gasteiger partial charge in [-0.3, -0.25) is 4.79 Å². The Kier molecular flexibility index (Phi) is 5.44. The highest BCUT2D eigenvalue weighted by Crippen LogP contribution is 2.33. The molecular formula is C14H28N2O. The Balaban J connectivity index is 2.45. The van der Waals surface area contributed by atoms with Gasteiger partial charge in [-0.25, -0.2) is 0 Å². The van der Waals surface area contributed by atoms with E-state index in [1.807, 2.05) is 14.1 Å². The van der Waals surface area contributed by atoms with E-state index in [4.69, 9.17) is 0 Å². The molecule has 0 heterocycles. The third kappa shape index (κ3) is 5.53. The van der Waals surface area contributed by atoms with Gasteiger partial charge < -0.3 is 10.2 Å². The molecule has 0 radical (unpaired) electrons. The number of carbonyl (C=O) groups excluding carboxylic acids is 1. The molecular weight excluding hydrogens is 212 g/mol. The summed E-state index contributed by atoms with van der Waals surface area (Å²) in [6, 6.07) is 0.439. The van der Waals surface area contributed by atoms with E-state index in [9.17, 15) is 4.79 Å². The number of hydrogen-bond acceptors (Lipinski definition) is 2. The molecule has 1 fully saturated rings. The average molecular weight is 240 g/mol. The summed E-state index contributed by atoms with van der Waals surface area (Å²) < 4.78 is 0. The minimum Gasteiger partial charge on any atom is -0.347 e. The molecule has 1 rings (SSSR count). The zero-order valence-corrected chi connectivity index (χ0v) is 12.0. The second-order valence-electron chi connectivity index (χ2n) is 6.16. The summed E-state index contributed by atoms with van der Waals surface area (Å²) in [4.78, 5) is 13.8. The Morgan fingerprint density at radius 2 is 1.88 bits per heavy atom. The first-order chi connectivity index (χ1) is 7.90. The topological polar surface area (TPSA) is 32.3 Å². The van der Waals surface area contributed by atoms with Crippen molar-refractivity contribution in [2.75, 3.05) is 14.1 Å². The Hall–Kier alpha value is -0.570. The second kappa shape index (κ2) is 6.39. The van der Waals surface area contributed by atoms with Crippen LogP contribution in [0, 0.1) is 11.8 Å². The van der Waals surface area contributed by atoms with Crippen LogP contribution in [0.25, 0.3) is 0 Å². The number of amides is 1. The van der Waals surface area contributed by atoms with Gasteiger partial charge in [-0.2, -0.15) is 0 Å². The number of carbonyl (C=O) groups is 1. The first-order valence-corrected chi connectivity index (χ1v) is 6.87. The van der Waals surface area contributed by atoms with Gasteiger partial charge in [0.2, 0.25) is 5.91 Å². The van der Waals surface area contributed by atoms with Gasteiger partial charge in [-0.15, -0.1) is 0 Å². The van der Waals surface area contributed by atoms with Gasteiger partial charge in [-0.1, -0.05) is 26.7 Å². The molecule has 100 valence electrons. The van der Waals surface area contributed by atoms with Crippen molar-refractivity contribution in [3.8, 4) is 0 Å². The monoisotopic (exact) mass is 240 g/mol. The summed E-state index contributed by atoms with van der Waals surface area (Å²) in [6.45, 7) is 6.54. The van der Waals surface area contributed by atoms with Crippen molar-refractivity contribution in [3.63, 3.8) is 0 Å². The molecule has 1 saturated carbocycles. The summed E-state index contributed by atoms with van der Waals surface area (Å²) in [5.74, 6) is 1.66. The zero-order chi connectivity index (χ0) is 13.0. The van der Waals surface area contributed by atoms with Gasteiger partial charge in [0, 0.05) is 20.1 Å². The number of hydrogen-bond donors (Lipinski definition) is 1. The molecule has 0 aromatic heterocycles. The molecule has 1 amide bonds. The van der Waals surface area contributed by atoms with Crippen molar-refractivity contribution < 1.29 is 4.79 Å². The number of nitrogens with zero attached hydrogens (tertiary/aromatic N) is 1. The Bertz CT molecular complexity index is 247. The standard InChI is InChI=1S/C14H28N2O/c1-10(2)8-13(14(17)16(4)5)15-11(3)9-12-6-7-12/h10-13,15H,6-9H2,1-5H3. The largest absolute Gasteiger partial charge is 0.347 e. The predicted molar refractivity (Wildman–Crippen MR) is 71.9 cm³/mol. The molecule has 1 N–H and O–H groups in total. The Morgan fingerprint density at radius 1 is 1.29 bits per heavy atom. The summed E-state index contributed by atoms with van der Waals surface area (Å²) in [6.07, 6.45) is 4.90. The van der Waals surface area contributed by atoms with Crippen molar-refractivity contribution in [1.82, 2.24) is 10.2 Å². The van der Waals surface area contributed by atoms with E-state index < -0.39 is 0 Å². The van der Waals surface area contributed by atoms with Gasteiger partial charge in [0.1, 0.15) is 0 Å². The molecule has 2 atom stereocenters. The van der Waals surface area contributed by atoms with E-state index in [1.54, 1.807) is 4.90 Å². The van der Waals surface area contributed by atoms with E-state index in [-0.39, 0.29) is 11.9 Å². The molecule has 0 aliphatic heterocycles. The van der Waals surface area contributed by atoms with Crippen molar-refractivity contribution in [2.45, 2.75) is 58.5 Å². The van der Waals surface area contributed by atoms with Crippen LogP contribution in [0.1, 0.15) is 46.5 Å². The van der Waals surface area contributed by atoms with Gasteiger partial charge in [-0.05, 0) is 31.6 Å². The number of nitrogens with one attached hydrogen (secondary N) is 1. The van der Waals surface area contributed by atoms with Crippen molar-refractivity contribution in [1.29, 1.82) is 0 Å². The van der Waals surface area contributed by atoms with Gasteiger partial charge in [0.25, 0.3) is 0 Å². The van der Waals surface area contributed by atoms with E-state index in [1.165, 1.54) is 19.3 Å². The molecule has 0 aromatic rings. The van der Waals surface area contributed by atoms with E-state index >= 15 is 0 Å². The summed E-state index contributed by atoms with van der Waals surface area (Å²) in [5.41, 5.74) is 0. The van der Waals surface area contributed by atoms with Crippen LogP contribution in [0.3, 0.4) is 0 Å². The van der Waals surface area contributed by atoms with Gasteiger partial charge in [0.15, 0.2) is 0 Å². The minimum absolute atomic E-state index is 0.0150. The number of rotatable bonds is 7. The summed E-state index contributed by atoms with van der Waals surface area (Å²) in [7, 11) is 3.67. The van der Waals surface area contributed by atoms with E-state index in [2.05, 4.69) is 26.1 Å². The summed E-state index contributed by atoms with van der Waals surface area (Å²) >= 11 is 0. The smallest absolute Gasteiger partial charge is 0.239 e. The zero-order valence-electron chi connectivity index (χ0n) is 12.0. The molecule has 3 nitrogen and oxygen atoms in total. The van der Waals surface area contributed by atoms with Gasteiger partial charge >= 0.3 is 0 Å². The van der Waals surface area contributed by atoms with Crippen LogP contribution < -0.4 is 5.32 Å². The first-order valence-electron chi connectivity index (χ1n) is 6.87. The molecule has 0 saturated heterocycles. The third-order valence-electron chi connectivity index (χ3n) is 3.32. The lowest BCUT2D eigenvalue weighted by Gasteiger charge is -2.26. The predicted octanol–water partition coefficient (Wildman–Crippen LogP) is 2.27. The van der Waals surface area contributed by atoms with Crippen LogP contribution in [-0.2, 0) is 4.79 Å². The van der Waals surface area contributed by atoms with Crippen LogP contribution in [0.15, 0.2) is 0 Å². The average Bonchev–Trinajstić information content (AvgIpc) is 2.98.